The zero-order valence-electron chi connectivity index (χ0n) is 19.2. The molecule has 2 aliphatic heterocycles. The molecule has 1 aromatic heterocycles. The number of benzene rings is 2. The summed E-state index contributed by atoms with van der Waals surface area (Å²) >= 11 is 9.65. The monoisotopic (exact) mass is 553 g/mol. The summed E-state index contributed by atoms with van der Waals surface area (Å²) in [7, 11) is 0. The molecule has 2 amide bonds. The van der Waals surface area contributed by atoms with Gasteiger partial charge in [0, 0.05) is 65.1 Å². The van der Waals surface area contributed by atoms with E-state index in [-0.39, 0.29) is 30.1 Å². The first-order valence-electron chi connectivity index (χ1n) is 11.6. The van der Waals surface area contributed by atoms with Gasteiger partial charge in [0.2, 0.25) is 5.91 Å². The maximum Gasteiger partial charge on any atom is 0.256 e. The van der Waals surface area contributed by atoms with Crippen LogP contribution in [0.15, 0.2) is 59.7 Å². The molecule has 0 N–H and O–H groups in total. The van der Waals surface area contributed by atoms with Gasteiger partial charge in [0.15, 0.2) is 5.78 Å². The van der Waals surface area contributed by atoms with Gasteiger partial charge in [-0.1, -0.05) is 40.2 Å². The van der Waals surface area contributed by atoms with E-state index in [0.717, 1.165) is 27.4 Å². The van der Waals surface area contributed by atoms with Gasteiger partial charge in [0.1, 0.15) is 0 Å². The van der Waals surface area contributed by atoms with Crippen LogP contribution < -0.4 is 0 Å². The molecule has 0 spiro atoms. The molecule has 0 saturated carbocycles. The minimum atomic E-state index is -0.0951. The Balaban J connectivity index is 1.34. The molecule has 0 bridgehead atoms. The number of fused-ring (bicyclic) bond motifs is 2. The molecule has 6 nitrogen and oxygen atoms in total. The number of aromatic nitrogens is 1. The van der Waals surface area contributed by atoms with Gasteiger partial charge in [0.25, 0.3) is 5.91 Å². The second kappa shape index (κ2) is 9.63. The summed E-state index contributed by atoms with van der Waals surface area (Å²) in [5, 5.41) is 1.54. The smallest absolute Gasteiger partial charge is 0.256 e. The van der Waals surface area contributed by atoms with E-state index in [2.05, 4.69) is 22.5 Å². The number of halogens is 2. The van der Waals surface area contributed by atoms with Crippen LogP contribution in [0.5, 0.6) is 0 Å². The van der Waals surface area contributed by atoms with Gasteiger partial charge in [-0.15, -0.1) is 0 Å². The van der Waals surface area contributed by atoms with Gasteiger partial charge in [0.05, 0.1) is 12.1 Å². The molecule has 35 heavy (non-hydrogen) atoms. The lowest BCUT2D eigenvalue weighted by molar-refractivity contribution is -0.134. The number of rotatable bonds is 6. The summed E-state index contributed by atoms with van der Waals surface area (Å²) < 4.78 is 2.75. The highest BCUT2D eigenvalue weighted by Crippen LogP contribution is 2.29. The van der Waals surface area contributed by atoms with E-state index >= 15 is 0 Å². The van der Waals surface area contributed by atoms with Gasteiger partial charge < -0.3 is 14.4 Å². The lowest BCUT2D eigenvalue weighted by Crippen LogP contribution is -2.50. The molecule has 8 heteroatoms. The second-order valence-corrected chi connectivity index (χ2v) is 10.6. The zero-order chi connectivity index (χ0) is 24.7. The van der Waals surface area contributed by atoms with Crippen LogP contribution in [0.1, 0.15) is 27.9 Å². The van der Waals surface area contributed by atoms with E-state index in [4.69, 9.17) is 11.6 Å². The average Bonchev–Trinajstić information content (AvgIpc) is 3.16. The Morgan fingerprint density at radius 1 is 1.09 bits per heavy atom. The van der Waals surface area contributed by atoms with Crippen LogP contribution in [-0.2, 0) is 29.1 Å². The molecule has 0 unspecified atom stereocenters. The van der Waals surface area contributed by atoms with Crippen molar-refractivity contribution in [1.82, 2.24) is 14.4 Å². The minimum absolute atomic E-state index is 0.0440. The number of hydrogen-bond donors (Lipinski definition) is 0. The molecule has 1 fully saturated rings. The van der Waals surface area contributed by atoms with Crippen molar-refractivity contribution in [3.63, 3.8) is 0 Å². The standard InChI is InChI=1S/C27H25BrClN3O3/c1-2-26(34)32-12-17(13-32)9-22(33)15-31-16-24(23-11-20(28)4-6-25(23)31)27(35)30-8-7-18-10-21(29)5-3-19(18)14-30/h2-6,10-11,16-17H,1,7-9,12-15H2. The van der Waals surface area contributed by atoms with Crippen LogP contribution in [0.2, 0.25) is 5.02 Å². The molecule has 0 atom stereocenters. The lowest BCUT2D eigenvalue weighted by Gasteiger charge is -2.38. The van der Waals surface area contributed by atoms with Crippen LogP contribution in [0.3, 0.4) is 0 Å². The highest BCUT2D eigenvalue weighted by atomic mass is 79.9. The second-order valence-electron chi connectivity index (χ2n) is 9.28. The van der Waals surface area contributed by atoms with Gasteiger partial charge in [-0.25, -0.2) is 0 Å². The SMILES string of the molecule is C=CC(=O)N1CC(CC(=O)Cn2cc(C(=O)N3CCc4cc(Cl)ccc4C3)c3cc(Br)ccc32)C1. The highest BCUT2D eigenvalue weighted by molar-refractivity contribution is 9.10. The van der Waals surface area contributed by atoms with Crippen molar-refractivity contribution < 1.29 is 14.4 Å². The third-order valence-electron chi connectivity index (χ3n) is 6.85. The Morgan fingerprint density at radius 2 is 1.89 bits per heavy atom. The van der Waals surface area contributed by atoms with Crippen LogP contribution >= 0.6 is 27.5 Å². The summed E-state index contributed by atoms with van der Waals surface area (Å²) in [5.74, 6) is 0.119. The molecule has 0 aliphatic carbocycles. The summed E-state index contributed by atoms with van der Waals surface area (Å²) in [6, 6.07) is 11.6. The van der Waals surface area contributed by atoms with Crippen molar-refractivity contribution >= 4 is 56.0 Å². The molecule has 3 heterocycles. The molecule has 0 radical (unpaired) electrons. The first-order chi connectivity index (χ1) is 16.8. The summed E-state index contributed by atoms with van der Waals surface area (Å²) in [5.41, 5.74) is 3.74. The number of carbonyl (C=O) groups excluding carboxylic acids is 3. The number of hydrogen-bond acceptors (Lipinski definition) is 3. The van der Waals surface area contributed by atoms with Gasteiger partial charge in [-0.2, -0.15) is 0 Å². The first kappa shape index (κ1) is 23.8. The Hall–Kier alpha value is -2.90. The van der Waals surface area contributed by atoms with Crippen LogP contribution in [0.25, 0.3) is 10.9 Å². The fraction of sp³-hybridized carbons (Fsp3) is 0.296. The van der Waals surface area contributed by atoms with Crippen molar-refractivity contribution in [2.45, 2.75) is 25.9 Å². The molecular weight excluding hydrogens is 530 g/mol. The zero-order valence-corrected chi connectivity index (χ0v) is 21.5. The number of carbonyl (C=O) groups is 3. The van der Waals surface area contributed by atoms with Crippen LogP contribution in [-0.4, -0.2) is 51.6 Å². The number of ketones is 1. The highest BCUT2D eigenvalue weighted by Gasteiger charge is 2.31. The van der Waals surface area contributed by atoms with Gasteiger partial charge in [-0.05, 0) is 54.0 Å². The van der Waals surface area contributed by atoms with Crippen molar-refractivity contribution in [1.29, 1.82) is 0 Å². The summed E-state index contributed by atoms with van der Waals surface area (Å²) in [6.07, 6.45) is 4.28. The third kappa shape index (κ3) is 4.80. The number of likely N-dealkylation sites (tertiary alicyclic amines) is 1. The lowest BCUT2D eigenvalue weighted by atomic mass is 9.94. The van der Waals surface area contributed by atoms with E-state index in [9.17, 15) is 14.4 Å². The fourth-order valence-corrected chi connectivity index (χ4v) is 5.58. The third-order valence-corrected chi connectivity index (χ3v) is 7.58. The summed E-state index contributed by atoms with van der Waals surface area (Å²) in [6.45, 7) is 6.02. The topological polar surface area (TPSA) is 62.6 Å². The largest absolute Gasteiger partial charge is 0.339 e. The maximum atomic E-state index is 13.6. The number of nitrogens with zero attached hydrogens (tertiary/aromatic N) is 3. The Bertz CT molecular complexity index is 1360. The van der Waals surface area contributed by atoms with E-state index in [0.29, 0.717) is 43.2 Å². The van der Waals surface area contributed by atoms with Gasteiger partial charge in [-0.3, -0.25) is 14.4 Å². The molecular formula is C27H25BrClN3O3. The van der Waals surface area contributed by atoms with Crippen molar-refractivity contribution in [3.05, 3.63) is 81.4 Å². The first-order valence-corrected chi connectivity index (χ1v) is 12.8. The Labute approximate surface area is 217 Å². The fourth-order valence-electron chi connectivity index (χ4n) is 5.02. The van der Waals surface area contributed by atoms with E-state index < -0.39 is 0 Å². The van der Waals surface area contributed by atoms with E-state index in [1.165, 1.54) is 11.6 Å². The van der Waals surface area contributed by atoms with Crippen LogP contribution in [0.4, 0.5) is 0 Å². The average molecular weight is 555 g/mol. The minimum Gasteiger partial charge on any atom is -0.339 e. The molecule has 5 rings (SSSR count). The predicted octanol–water partition coefficient (Wildman–Crippen LogP) is 4.86. The van der Waals surface area contributed by atoms with Crippen molar-refractivity contribution in [2.24, 2.45) is 5.92 Å². The van der Waals surface area contributed by atoms with E-state index in [1.54, 1.807) is 4.90 Å². The number of amides is 2. The number of Topliss-reactive ketones (excluding diaryl/α,β-unsaturated/α-hetero) is 1. The van der Waals surface area contributed by atoms with Crippen molar-refractivity contribution in [2.75, 3.05) is 19.6 Å². The Kier molecular flexibility index (Phi) is 6.55. The summed E-state index contributed by atoms with van der Waals surface area (Å²) in [4.78, 5) is 41.7. The molecule has 1 saturated heterocycles. The van der Waals surface area contributed by atoms with Crippen LogP contribution in [0, 0.1) is 5.92 Å². The molecule has 2 aliphatic rings. The quantitative estimate of drug-likeness (QED) is 0.409. The maximum absolute atomic E-state index is 13.6. The van der Waals surface area contributed by atoms with E-state index in [1.807, 2.05) is 52.1 Å². The normalized spacial score (nSPS) is 15.6. The molecule has 180 valence electrons. The molecule has 3 aromatic rings. The Morgan fingerprint density at radius 3 is 2.66 bits per heavy atom. The molecule has 2 aromatic carbocycles. The van der Waals surface area contributed by atoms with Crippen molar-refractivity contribution in [3.8, 4) is 0 Å². The predicted molar refractivity (Wildman–Crippen MR) is 139 cm³/mol. The van der Waals surface area contributed by atoms with Gasteiger partial charge >= 0.3 is 0 Å².